The molecule has 1 heterocycles. The zero-order valence-electron chi connectivity index (χ0n) is 16.1. The summed E-state index contributed by atoms with van der Waals surface area (Å²) in [4.78, 5) is 4.63. The maximum atomic E-state index is 12.3. The van der Waals surface area contributed by atoms with E-state index in [2.05, 4.69) is 19.4 Å². The Hall–Kier alpha value is -2.69. The molecule has 3 rings (SSSR count). The number of anilines is 1. The van der Waals surface area contributed by atoms with Gasteiger partial charge in [-0.3, -0.25) is 0 Å². The van der Waals surface area contributed by atoms with Gasteiger partial charge in [0.25, 0.3) is 0 Å². The molecule has 8 nitrogen and oxygen atoms in total. The average molecular weight is 435 g/mol. The lowest BCUT2D eigenvalue weighted by Gasteiger charge is -2.08. The largest absolute Gasteiger partial charge is 0.497 e. The molecule has 0 bridgehead atoms. The molecule has 0 aliphatic heterocycles. The summed E-state index contributed by atoms with van der Waals surface area (Å²) in [5, 5.41) is 3.73. The maximum absolute atomic E-state index is 12.3. The maximum Gasteiger partial charge on any atom is 0.240 e. The van der Waals surface area contributed by atoms with Gasteiger partial charge in [-0.15, -0.1) is 0 Å². The number of methoxy groups -OCH3 is 2. The van der Waals surface area contributed by atoms with Gasteiger partial charge in [-0.05, 0) is 30.3 Å². The highest BCUT2D eigenvalue weighted by Crippen LogP contribution is 2.21. The number of aromatic nitrogens is 2. The molecule has 0 aliphatic rings. The molecule has 0 spiro atoms. The van der Waals surface area contributed by atoms with Gasteiger partial charge in [0.2, 0.25) is 15.2 Å². The topological polar surface area (TPSA) is 102 Å². The molecule has 0 fully saturated rings. The normalized spacial score (nSPS) is 11.2. The number of rotatable bonds is 10. The van der Waals surface area contributed by atoms with Crippen LogP contribution < -0.4 is 19.5 Å². The molecule has 0 unspecified atom stereocenters. The fraction of sp³-hybridized carbons (Fsp3) is 0.263. The van der Waals surface area contributed by atoms with Crippen LogP contribution in [-0.4, -0.2) is 45.1 Å². The molecule has 0 amide bonds. The Morgan fingerprint density at radius 1 is 1.00 bits per heavy atom. The number of benzene rings is 2. The van der Waals surface area contributed by atoms with Crippen LogP contribution in [0.4, 0.5) is 5.13 Å². The fourth-order valence-electron chi connectivity index (χ4n) is 2.61. The highest BCUT2D eigenvalue weighted by atomic mass is 32.2. The molecule has 3 aromatic rings. The monoisotopic (exact) mass is 434 g/mol. The Kier molecular flexibility index (Phi) is 7.02. The van der Waals surface area contributed by atoms with Crippen LogP contribution in [0.5, 0.6) is 11.5 Å². The van der Waals surface area contributed by atoms with E-state index in [9.17, 15) is 8.42 Å². The van der Waals surface area contributed by atoms with Gasteiger partial charge in [-0.25, -0.2) is 18.1 Å². The summed E-state index contributed by atoms with van der Waals surface area (Å²) in [7, 11) is -0.412. The van der Waals surface area contributed by atoms with E-state index in [-0.39, 0.29) is 11.4 Å². The van der Waals surface area contributed by atoms with Crippen molar-refractivity contribution in [1.29, 1.82) is 0 Å². The first-order chi connectivity index (χ1) is 14.0. The number of nitrogens with zero attached hydrogens (tertiary/aromatic N) is 2. The minimum Gasteiger partial charge on any atom is -0.497 e. The number of nitrogens with one attached hydrogen (secondary N) is 2. The van der Waals surface area contributed by atoms with E-state index in [0.717, 1.165) is 11.3 Å². The third-order valence-electron chi connectivity index (χ3n) is 4.07. The Balaban J connectivity index is 1.49. The molecule has 1 aromatic heterocycles. The molecular weight excluding hydrogens is 412 g/mol. The molecule has 0 aliphatic carbocycles. The van der Waals surface area contributed by atoms with Crippen LogP contribution in [0.25, 0.3) is 0 Å². The Morgan fingerprint density at radius 3 is 2.48 bits per heavy atom. The Bertz CT molecular complexity index is 1040. The van der Waals surface area contributed by atoms with Crippen molar-refractivity contribution in [2.45, 2.75) is 11.3 Å². The van der Waals surface area contributed by atoms with Gasteiger partial charge in [0.1, 0.15) is 17.3 Å². The summed E-state index contributed by atoms with van der Waals surface area (Å²) in [6.45, 7) is 0.606. The molecule has 154 valence electrons. The van der Waals surface area contributed by atoms with Crippen LogP contribution in [-0.2, 0) is 16.4 Å². The molecular formula is C19H22N4O4S2. The van der Waals surface area contributed by atoms with Gasteiger partial charge in [0, 0.05) is 36.6 Å². The molecule has 0 radical (unpaired) electrons. The number of ether oxygens (including phenoxy) is 2. The minimum atomic E-state index is -3.57. The molecule has 0 atom stereocenters. The van der Waals surface area contributed by atoms with Crippen LogP contribution in [0, 0.1) is 0 Å². The summed E-state index contributed by atoms with van der Waals surface area (Å²) >= 11 is 1.24. The van der Waals surface area contributed by atoms with Gasteiger partial charge in [0.05, 0.1) is 19.1 Å². The van der Waals surface area contributed by atoms with Gasteiger partial charge >= 0.3 is 0 Å². The first kappa shape index (κ1) is 21.0. The Labute approximate surface area is 174 Å². The van der Waals surface area contributed by atoms with Crippen molar-refractivity contribution in [2.75, 3.05) is 32.6 Å². The highest BCUT2D eigenvalue weighted by Gasteiger charge is 2.13. The minimum absolute atomic E-state index is 0.188. The SMILES string of the molecule is COc1ccc(S(=O)(=O)NCCNc2nc(Cc3ccccc3OC)ns2)cc1. The summed E-state index contributed by atoms with van der Waals surface area (Å²) < 4.78 is 41.9. The van der Waals surface area contributed by atoms with E-state index in [1.54, 1.807) is 19.2 Å². The lowest BCUT2D eigenvalue weighted by atomic mass is 10.1. The fourth-order valence-corrected chi connectivity index (χ4v) is 4.25. The average Bonchev–Trinajstić information content (AvgIpc) is 3.19. The van der Waals surface area contributed by atoms with Gasteiger partial charge < -0.3 is 14.8 Å². The molecule has 2 N–H and O–H groups in total. The van der Waals surface area contributed by atoms with E-state index in [0.29, 0.717) is 29.7 Å². The van der Waals surface area contributed by atoms with E-state index in [1.165, 1.54) is 30.8 Å². The summed E-state index contributed by atoms with van der Waals surface area (Å²) in [5.41, 5.74) is 1.01. The third kappa shape index (κ3) is 5.66. The smallest absolute Gasteiger partial charge is 0.240 e. The molecule has 2 aromatic carbocycles. The van der Waals surface area contributed by atoms with E-state index in [1.807, 2.05) is 24.3 Å². The third-order valence-corrected chi connectivity index (χ3v) is 6.26. The van der Waals surface area contributed by atoms with E-state index >= 15 is 0 Å². The van der Waals surface area contributed by atoms with E-state index in [4.69, 9.17) is 9.47 Å². The first-order valence-corrected chi connectivity index (χ1v) is 11.1. The quantitative estimate of drug-likeness (QED) is 0.473. The summed E-state index contributed by atoms with van der Waals surface area (Å²) in [6.07, 6.45) is 0.562. The second kappa shape index (κ2) is 9.68. The second-order valence-electron chi connectivity index (χ2n) is 6.00. The molecule has 0 saturated carbocycles. The van der Waals surface area contributed by atoms with Crippen molar-refractivity contribution in [3.63, 3.8) is 0 Å². The molecule has 29 heavy (non-hydrogen) atoms. The predicted octanol–water partition coefficient (Wildman–Crippen LogP) is 2.54. The van der Waals surface area contributed by atoms with Gasteiger partial charge in [0.15, 0.2) is 0 Å². The zero-order chi connectivity index (χ0) is 20.7. The summed E-state index contributed by atoms with van der Waals surface area (Å²) in [5.74, 6) is 2.08. The van der Waals surface area contributed by atoms with Crippen molar-refractivity contribution in [1.82, 2.24) is 14.1 Å². The Morgan fingerprint density at radius 2 is 1.76 bits per heavy atom. The molecule has 10 heteroatoms. The lowest BCUT2D eigenvalue weighted by molar-refractivity contribution is 0.410. The van der Waals surface area contributed by atoms with Crippen molar-refractivity contribution < 1.29 is 17.9 Å². The van der Waals surface area contributed by atoms with Crippen LogP contribution >= 0.6 is 11.5 Å². The lowest BCUT2D eigenvalue weighted by Crippen LogP contribution is -2.28. The first-order valence-electron chi connectivity index (χ1n) is 8.84. The van der Waals surface area contributed by atoms with Crippen molar-refractivity contribution in [3.05, 3.63) is 59.9 Å². The van der Waals surface area contributed by atoms with Crippen molar-refractivity contribution in [2.24, 2.45) is 0 Å². The van der Waals surface area contributed by atoms with Gasteiger partial charge in [-0.1, -0.05) is 18.2 Å². The standard InChI is InChI=1S/C19H22N4O4S2/c1-26-15-7-9-16(10-8-15)29(24,25)21-12-11-20-19-22-18(23-28-19)13-14-5-3-4-6-17(14)27-2/h3-10,21H,11-13H2,1-2H3,(H,20,22,23). The van der Waals surface area contributed by atoms with Crippen molar-refractivity contribution in [3.8, 4) is 11.5 Å². The molecule has 0 saturated heterocycles. The van der Waals surface area contributed by atoms with Crippen LogP contribution in [0.2, 0.25) is 0 Å². The van der Waals surface area contributed by atoms with Gasteiger partial charge in [-0.2, -0.15) is 4.37 Å². The van der Waals surface area contributed by atoms with Crippen LogP contribution in [0.1, 0.15) is 11.4 Å². The van der Waals surface area contributed by atoms with Crippen LogP contribution in [0.15, 0.2) is 53.4 Å². The van der Waals surface area contributed by atoms with Crippen LogP contribution in [0.3, 0.4) is 0 Å². The van der Waals surface area contributed by atoms with E-state index < -0.39 is 10.0 Å². The number of hydrogen-bond acceptors (Lipinski definition) is 8. The number of sulfonamides is 1. The number of hydrogen-bond donors (Lipinski definition) is 2. The number of para-hydroxylation sites is 1. The highest BCUT2D eigenvalue weighted by molar-refractivity contribution is 7.89. The zero-order valence-corrected chi connectivity index (χ0v) is 17.7. The second-order valence-corrected chi connectivity index (χ2v) is 8.52. The predicted molar refractivity (Wildman–Crippen MR) is 112 cm³/mol. The summed E-state index contributed by atoms with van der Waals surface area (Å²) in [6, 6.07) is 14.0. The van der Waals surface area contributed by atoms with Crippen molar-refractivity contribution >= 4 is 26.7 Å².